The van der Waals surface area contributed by atoms with E-state index < -0.39 is 0 Å². The maximum atomic E-state index is 13.0. The Morgan fingerprint density at radius 2 is 2.00 bits per heavy atom. The molecule has 1 unspecified atom stereocenters. The molecule has 1 atom stereocenters. The van der Waals surface area contributed by atoms with Gasteiger partial charge < -0.3 is 20.3 Å². The molecule has 1 saturated heterocycles. The number of amides is 2. The summed E-state index contributed by atoms with van der Waals surface area (Å²) < 4.78 is 7.10. The Balaban J connectivity index is 1.26. The van der Waals surface area contributed by atoms with Crippen molar-refractivity contribution in [3.63, 3.8) is 0 Å². The van der Waals surface area contributed by atoms with E-state index in [4.69, 9.17) is 4.74 Å². The zero-order valence-electron chi connectivity index (χ0n) is 19.5. The number of fused-ring (bicyclic) bond motifs is 1. The van der Waals surface area contributed by atoms with E-state index >= 15 is 0 Å². The van der Waals surface area contributed by atoms with Gasteiger partial charge in [-0.3, -0.25) is 19.0 Å². The third-order valence-electron chi connectivity index (χ3n) is 6.12. The number of rotatable bonds is 8. The first-order valence-electron chi connectivity index (χ1n) is 11.9. The minimum Gasteiger partial charge on any atom is -0.494 e. The van der Waals surface area contributed by atoms with Gasteiger partial charge >= 0.3 is 0 Å². The number of anilines is 2. The van der Waals surface area contributed by atoms with Gasteiger partial charge in [-0.25, -0.2) is 4.98 Å². The summed E-state index contributed by atoms with van der Waals surface area (Å²) in [6.07, 6.45) is 5.23. The summed E-state index contributed by atoms with van der Waals surface area (Å²) in [6, 6.07) is 7.39. The van der Waals surface area contributed by atoms with Crippen molar-refractivity contribution >= 4 is 44.3 Å². The molecule has 3 heterocycles. The van der Waals surface area contributed by atoms with Crippen LogP contribution in [0.15, 0.2) is 35.4 Å². The summed E-state index contributed by atoms with van der Waals surface area (Å²) >= 11 is 1.26. The number of aromatic nitrogens is 3. The van der Waals surface area contributed by atoms with E-state index in [0.717, 1.165) is 38.0 Å². The second-order valence-electron chi connectivity index (χ2n) is 8.90. The Hall–Kier alpha value is -3.47. The first-order chi connectivity index (χ1) is 17.0. The molecule has 5 rings (SSSR count). The van der Waals surface area contributed by atoms with Crippen LogP contribution in [-0.2, 0) is 16.1 Å². The van der Waals surface area contributed by atoms with Gasteiger partial charge in [0.1, 0.15) is 23.3 Å². The van der Waals surface area contributed by atoms with E-state index in [1.807, 2.05) is 6.92 Å². The SMILES string of the molecule is CCOc1ccc(NC(=O)Cn2cnc3nc(N4CCCC(C(=O)NC5CC5)C4)sc3c2=O)cc1. The van der Waals surface area contributed by atoms with Crippen LogP contribution in [0.5, 0.6) is 5.75 Å². The maximum absolute atomic E-state index is 13.0. The van der Waals surface area contributed by atoms with Crippen LogP contribution in [0.25, 0.3) is 10.3 Å². The van der Waals surface area contributed by atoms with Crippen LogP contribution in [0.1, 0.15) is 32.6 Å². The van der Waals surface area contributed by atoms with Crippen LogP contribution in [0.2, 0.25) is 0 Å². The zero-order valence-corrected chi connectivity index (χ0v) is 20.3. The molecule has 0 radical (unpaired) electrons. The molecule has 2 aliphatic rings. The molecule has 184 valence electrons. The predicted molar refractivity (Wildman–Crippen MR) is 134 cm³/mol. The van der Waals surface area contributed by atoms with Gasteiger partial charge in [0.15, 0.2) is 10.8 Å². The van der Waals surface area contributed by atoms with Gasteiger partial charge in [-0.05, 0) is 56.9 Å². The van der Waals surface area contributed by atoms with Gasteiger partial charge in [0, 0.05) is 24.8 Å². The highest BCUT2D eigenvalue weighted by Crippen LogP contribution is 2.30. The van der Waals surface area contributed by atoms with E-state index in [-0.39, 0.29) is 29.8 Å². The summed E-state index contributed by atoms with van der Waals surface area (Å²) in [5, 5.41) is 6.56. The van der Waals surface area contributed by atoms with Crippen LogP contribution in [0.4, 0.5) is 10.8 Å². The molecule has 0 spiro atoms. The lowest BCUT2D eigenvalue weighted by molar-refractivity contribution is -0.125. The highest BCUT2D eigenvalue weighted by atomic mass is 32.1. The molecule has 1 aliphatic heterocycles. The van der Waals surface area contributed by atoms with Crippen LogP contribution in [0.3, 0.4) is 0 Å². The Labute approximate surface area is 206 Å². The van der Waals surface area contributed by atoms with Crippen LogP contribution in [-0.4, -0.2) is 52.1 Å². The lowest BCUT2D eigenvalue weighted by Crippen LogP contribution is -2.43. The fourth-order valence-corrected chi connectivity index (χ4v) is 5.15. The Morgan fingerprint density at radius 3 is 2.74 bits per heavy atom. The molecule has 2 N–H and O–H groups in total. The average Bonchev–Trinajstić information content (AvgIpc) is 3.56. The Bertz CT molecular complexity index is 1280. The number of hydrogen-bond donors (Lipinski definition) is 2. The number of nitrogens with one attached hydrogen (secondary N) is 2. The Morgan fingerprint density at radius 1 is 1.20 bits per heavy atom. The molecule has 10 nitrogen and oxygen atoms in total. The number of nitrogens with zero attached hydrogens (tertiary/aromatic N) is 4. The molecule has 11 heteroatoms. The summed E-state index contributed by atoms with van der Waals surface area (Å²) in [6.45, 7) is 3.68. The van der Waals surface area contributed by atoms with E-state index in [0.29, 0.717) is 40.4 Å². The number of thiazole rings is 1. The number of ether oxygens (including phenoxy) is 1. The minimum absolute atomic E-state index is 0.0766. The number of hydrogen-bond acceptors (Lipinski definition) is 8. The first-order valence-corrected chi connectivity index (χ1v) is 12.8. The van der Waals surface area contributed by atoms with Crippen LogP contribution in [0, 0.1) is 5.92 Å². The monoisotopic (exact) mass is 496 g/mol. The van der Waals surface area contributed by atoms with Crippen molar-refractivity contribution in [2.75, 3.05) is 29.9 Å². The summed E-state index contributed by atoms with van der Waals surface area (Å²) in [5.74, 6) is 0.424. The van der Waals surface area contributed by atoms with Crippen molar-refractivity contribution < 1.29 is 14.3 Å². The second kappa shape index (κ2) is 10.0. The van der Waals surface area contributed by atoms with Gasteiger partial charge in [0.2, 0.25) is 11.8 Å². The summed E-state index contributed by atoms with van der Waals surface area (Å²) in [4.78, 5) is 49.0. The standard InChI is InChI=1S/C24H28N6O4S/c1-2-34-18-9-7-16(8-10-18)26-19(31)13-30-14-25-21-20(23(30)33)35-24(28-21)29-11-3-4-15(12-29)22(32)27-17-5-6-17/h7-10,14-15,17H,2-6,11-13H2,1H3,(H,26,31)(H,27,32). The van der Waals surface area contributed by atoms with E-state index in [1.165, 1.54) is 22.2 Å². The smallest absolute Gasteiger partial charge is 0.273 e. The van der Waals surface area contributed by atoms with Crippen molar-refractivity contribution in [2.45, 2.75) is 45.2 Å². The largest absolute Gasteiger partial charge is 0.494 e. The summed E-state index contributed by atoms with van der Waals surface area (Å²) in [5.41, 5.74) is 0.675. The molecular weight excluding hydrogens is 468 g/mol. The van der Waals surface area contributed by atoms with Crippen LogP contribution < -0.4 is 25.8 Å². The normalized spacial score (nSPS) is 17.9. The van der Waals surface area contributed by atoms with Gasteiger partial charge in [-0.15, -0.1) is 0 Å². The highest BCUT2D eigenvalue weighted by molar-refractivity contribution is 7.22. The molecule has 2 aromatic heterocycles. The minimum atomic E-state index is -0.331. The van der Waals surface area contributed by atoms with Crippen molar-refractivity contribution in [2.24, 2.45) is 5.92 Å². The van der Waals surface area contributed by atoms with Crippen molar-refractivity contribution in [1.82, 2.24) is 19.9 Å². The highest BCUT2D eigenvalue weighted by Gasteiger charge is 2.31. The third-order valence-corrected chi connectivity index (χ3v) is 7.22. The molecule has 1 saturated carbocycles. The van der Waals surface area contributed by atoms with Crippen LogP contribution >= 0.6 is 11.3 Å². The van der Waals surface area contributed by atoms with Crippen molar-refractivity contribution in [3.8, 4) is 5.75 Å². The van der Waals surface area contributed by atoms with E-state index in [1.54, 1.807) is 24.3 Å². The van der Waals surface area contributed by atoms with E-state index in [9.17, 15) is 14.4 Å². The zero-order chi connectivity index (χ0) is 24.4. The third kappa shape index (κ3) is 5.45. The molecule has 1 aliphatic carbocycles. The van der Waals surface area contributed by atoms with Gasteiger partial charge in [0.05, 0.1) is 12.5 Å². The van der Waals surface area contributed by atoms with E-state index in [2.05, 4.69) is 25.5 Å². The quantitative estimate of drug-likeness (QED) is 0.492. The Kier molecular flexibility index (Phi) is 6.67. The van der Waals surface area contributed by atoms with Gasteiger partial charge in [-0.2, -0.15) is 4.98 Å². The lowest BCUT2D eigenvalue weighted by atomic mass is 9.97. The average molecular weight is 497 g/mol. The molecule has 2 fully saturated rings. The van der Waals surface area contributed by atoms with Crippen molar-refractivity contribution in [1.29, 1.82) is 0 Å². The van der Waals surface area contributed by atoms with Crippen molar-refractivity contribution in [3.05, 3.63) is 40.9 Å². The predicted octanol–water partition coefficient (Wildman–Crippen LogP) is 2.39. The maximum Gasteiger partial charge on any atom is 0.273 e. The molecule has 1 aromatic carbocycles. The fraction of sp³-hybridized carbons (Fsp3) is 0.458. The number of piperidine rings is 1. The number of carbonyl (C=O) groups excluding carboxylic acids is 2. The lowest BCUT2D eigenvalue weighted by Gasteiger charge is -2.31. The second-order valence-corrected chi connectivity index (χ2v) is 9.88. The fourth-order valence-electron chi connectivity index (χ4n) is 4.15. The molecule has 0 bridgehead atoms. The number of benzene rings is 1. The molecule has 2 amide bonds. The van der Waals surface area contributed by atoms with Gasteiger partial charge in [0.25, 0.3) is 5.56 Å². The topological polar surface area (TPSA) is 118 Å². The molecular formula is C24H28N6O4S. The van der Waals surface area contributed by atoms with Gasteiger partial charge in [-0.1, -0.05) is 11.3 Å². The summed E-state index contributed by atoms with van der Waals surface area (Å²) in [7, 11) is 0. The molecule has 3 aromatic rings. The molecule has 35 heavy (non-hydrogen) atoms. The first kappa shape index (κ1) is 23.3. The number of carbonyl (C=O) groups is 2.